The van der Waals surface area contributed by atoms with Crippen LogP contribution in [0.3, 0.4) is 0 Å². The first-order chi connectivity index (χ1) is 27.0. The van der Waals surface area contributed by atoms with Crippen molar-refractivity contribution in [3.63, 3.8) is 0 Å². The minimum atomic E-state index is -4.54. The number of hydrogen-bond acceptors (Lipinski definition) is 10. The summed E-state index contributed by atoms with van der Waals surface area (Å²) in [7, 11) is 0. The highest BCUT2D eigenvalue weighted by atomic mass is 19.4. The van der Waals surface area contributed by atoms with Crippen molar-refractivity contribution in [3.8, 4) is 57.1 Å². The summed E-state index contributed by atoms with van der Waals surface area (Å²) < 4.78 is 87.9. The molecule has 58 heavy (non-hydrogen) atoms. The lowest BCUT2D eigenvalue weighted by Crippen LogP contribution is -2.06. The summed E-state index contributed by atoms with van der Waals surface area (Å²) in [5.74, 6) is -4.24. The molecular weight excluding hydrogens is 778 g/mol. The molecule has 4 aromatic carbocycles. The van der Waals surface area contributed by atoms with Crippen molar-refractivity contribution in [2.24, 2.45) is 0 Å². The molecule has 10 nitrogen and oxygen atoms in total. The lowest BCUT2D eigenvalue weighted by Gasteiger charge is -2.12. The van der Waals surface area contributed by atoms with Crippen LogP contribution >= 0.6 is 0 Å². The van der Waals surface area contributed by atoms with Crippen LogP contribution in [0.5, 0.6) is 34.5 Å². The fourth-order valence-corrected chi connectivity index (χ4v) is 5.77. The molecule has 0 atom stereocenters. The average molecular weight is 813 g/mol. The van der Waals surface area contributed by atoms with Gasteiger partial charge in [-0.15, -0.1) is 0 Å². The molecule has 2 heterocycles. The van der Waals surface area contributed by atoms with Gasteiger partial charge in [-0.25, -0.2) is 0 Å². The Morgan fingerprint density at radius 1 is 0.534 bits per heavy atom. The number of hydrogen-bond donors (Lipinski definition) is 6. The number of aromatic hydroxyl groups is 6. The Labute approximate surface area is 324 Å². The Morgan fingerprint density at radius 3 is 1.12 bits per heavy atom. The molecule has 0 spiro atoms. The number of fused-ring (bicyclic) bond motifs is 2. The first-order valence-electron chi connectivity index (χ1n) is 17.1. The molecule has 6 rings (SSSR count). The van der Waals surface area contributed by atoms with E-state index in [-0.39, 0.29) is 80.1 Å². The molecule has 0 saturated heterocycles. The zero-order chi connectivity index (χ0) is 43.0. The smallest absolute Gasteiger partial charge is 0.416 e. The Morgan fingerprint density at radius 2 is 0.845 bits per heavy atom. The quantitative estimate of drug-likeness (QED) is 0.0699. The van der Waals surface area contributed by atoms with E-state index in [1.807, 2.05) is 27.7 Å². The van der Waals surface area contributed by atoms with Crippen LogP contribution in [-0.4, -0.2) is 30.6 Å². The molecule has 0 saturated carbocycles. The first kappa shape index (κ1) is 42.3. The topological polar surface area (TPSA) is 182 Å². The Balaban J connectivity index is 0.000000221. The normalized spacial score (nSPS) is 11.6. The van der Waals surface area contributed by atoms with E-state index >= 15 is 0 Å². The maximum Gasteiger partial charge on any atom is 0.416 e. The molecule has 0 amide bonds. The van der Waals surface area contributed by atoms with Crippen LogP contribution in [0.4, 0.5) is 26.3 Å². The second-order valence-electron chi connectivity index (χ2n) is 13.5. The van der Waals surface area contributed by atoms with Crippen molar-refractivity contribution < 1.29 is 65.8 Å². The van der Waals surface area contributed by atoms with E-state index in [4.69, 9.17) is 8.83 Å². The fourth-order valence-electron chi connectivity index (χ4n) is 5.77. The molecular formula is C42H34F6O10. The van der Waals surface area contributed by atoms with Gasteiger partial charge in [0.2, 0.25) is 22.4 Å². The number of phenolic OH excluding ortho intramolecular Hbond substituents is 4. The van der Waals surface area contributed by atoms with E-state index < -0.39 is 57.3 Å². The van der Waals surface area contributed by atoms with E-state index in [2.05, 4.69) is 0 Å². The Kier molecular flexibility index (Phi) is 11.6. The molecule has 0 bridgehead atoms. The number of alkyl halides is 6. The van der Waals surface area contributed by atoms with Crippen LogP contribution in [0, 0.1) is 0 Å². The van der Waals surface area contributed by atoms with Crippen LogP contribution < -0.4 is 10.9 Å². The third-order valence-electron chi connectivity index (χ3n) is 8.78. The second kappa shape index (κ2) is 16.0. The summed E-state index contributed by atoms with van der Waals surface area (Å²) in [4.78, 5) is 25.2. The third-order valence-corrected chi connectivity index (χ3v) is 8.78. The number of rotatable bonds is 6. The molecule has 6 aromatic rings. The predicted molar refractivity (Wildman–Crippen MR) is 202 cm³/mol. The van der Waals surface area contributed by atoms with E-state index in [0.717, 1.165) is 71.8 Å². The zero-order valence-electron chi connectivity index (χ0n) is 30.9. The van der Waals surface area contributed by atoms with Crippen LogP contribution in [0.1, 0.15) is 49.9 Å². The highest BCUT2D eigenvalue weighted by molar-refractivity contribution is 5.92. The van der Waals surface area contributed by atoms with Gasteiger partial charge in [0.25, 0.3) is 0 Å². The molecule has 0 radical (unpaired) electrons. The maximum atomic E-state index is 12.8. The fraction of sp³-hybridized carbons (Fsp3) is 0.190. The van der Waals surface area contributed by atoms with Crippen LogP contribution in [0.2, 0.25) is 0 Å². The van der Waals surface area contributed by atoms with Crippen molar-refractivity contribution >= 4 is 21.9 Å². The van der Waals surface area contributed by atoms with Crippen molar-refractivity contribution in [3.05, 3.63) is 127 Å². The van der Waals surface area contributed by atoms with Crippen molar-refractivity contribution in [2.75, 3.05) is 0 Å². The van der Waals surface area contributed by atoms with Gasteiger partial charge in [0.15, 0.2) is 11.5 Å². The molecule has 0 aliphatic rings. The molecule has 0 aliphatic heterocycles. The summed E-state index contributed by atoms with van der Waals surface area (Å²) in [6, 6.07) is 9.37. The average Bonchev–Trinajstić information content (AvgIpc) is 3.13. The van der Waals surface area contributed by atoms with Gasteiger partial charge < -0.3 is 39.5 Å². The Bertz CT molecular complexity index is 2530. The van der Waals surface area contributed by atoms with Crippen LogP contribution in [0.25, 0.3) is 44.6 Å². The van der Waals surface area contributed by atoms with Gasteiger partial charge in [0.05, 0.1) is 11.1 Å². The first-order valence-corrected chi connectivity index (χ1v) is 17.1. The van der Waals surface area contributed by atoms with Crippen molar-refractivity contribution in [2.45, 2.75) is 52.9 Å². The van der Waals surface area contributed by atoms with Gasteiger partial charge >= 0.3 is 12.4 Å². The van der Waals surface area contributed by atoms with Crippen LogP contribution in [-0.2, 0) is 25.2 Å². The molecule has 0 fully saturated rings. The standard InChI is InChI=1S/2C21H17F3O5/c2*1-10(2)3-8-13-14(25)9-15(26)16-17(27)18(28)19(29-20(13)16)11-4-6-12(7-5-11)21(22,23)24/h2*3-7,9,25-26,28H,8H2,1-2H3. The summed E-state index contributed by atoms with van der Waals surface area (Å²) >= 11 is 0. The highest BCUT2D eigenvalue weighted by Gasteiger charge is 2.32. The largest absolute Gasteiger partial charge is 0.507 e. The molecule has 6 N–H and O–H groups in total. The molecule has 0 aliphatic carbocycles. The van der Waals surface area contributed by atoms with E-state index in [9.17, 15) is 66.6 Å². The summed E-state index contributed by atoms with van der Waals surface area (Å²) in [6.45, 7) is 7.31. The lowest BCUT2D eigenvalue weighted by atomic mass is 10.0. The summed E-state index contributed by atoms with van der Waals surface area (Å²) in [5, 5.41) is 60.5. The number of benzene rings is 4. The number of halogens is 6. The summed E-state index contributed by atoms with van der Waals surface area (Å²) in [5.41, 5.74) is -1.72. The van der Waals surface area contributed by atoms with Crippen LogP contribution in [0.15, 0.2) is 102 Å². The number of allylic oxidation sites excluding steroid dienone is 4. The van der Waals surface area contributed by atoms with Gasteiger partial charge in [-0.05, 0) is 64.8 Å². The summed E-state index contributed by atoms with van der Waals surface area (Å²) in [6.07, 6.45) is -5.22. The minimum absolute atomic E-state index is 0.0329. The molecule has 16 heteroatoms. The van der Waals surface area contributed by atoms with Gasteiger partial charge in [-0.3, -0.25) is 9.59 Å². The predicted octanol–water partition coefficient (Wildman–Crippen LogP) is 10.2. The van der Waals surface area contributed by atoms with Gasteiger partial charge in [0, 0.05) is 34.4 Å². The molecule has 0 unspecified atom stereocenters. The lowest BCUT2D eigenvalue weighted by molar-refractivity contribution is -0.138. The Hall–Kier alpha value is -6.84. The van der Waals surface area contributed by atoms with Crippen molar-refractivity contribution in [1.29, 1.82) is 0 Å². The molecule has 2 aromatic heterocycles. The van der Waals surface area contributed by atoms with E-state index in [1.165, 1.54) is 0 Å². The van der Waals surface area contributed by atoms with Gasteiger partial charge in [0.1, 0.15) is 44.9 Å². The zero-order valence-corrected chi connectivity index (χ0v) is 30.9. The van der Waals surface area contributed by atoms with E-state index in [0.29, 0.717) is 0 Å². The van der Waals surface area contributed by atoms with Gasteiger partial charge in [-0.1, -0.05) is 47.6 Å². The maximum absolute atomic E-state index is 12.8. The van der Waals surface area contributed by atoms with E-state index in [1.54, 1.807) is 12.2 Å². The monoisotopic (exact) mass is 812 g/mol. The third kappa shape index (κ3) is 8.60. The van der Waals surface area contributed by atoms with Crippen molar-refractivity contribution in [1.82, 2.24) is 0 Å². The SMILES string of the molecule is CC(C)=CCc1c(O)cc(O)c2c(=O)c(O)c(-c3ccc(C(F)(F)F)cc3)oc12.CC(C)=CCc1c(O)cc(O)c2c(=O)c(O)c(-c3ccc(C(F)(F)F)cc3)oc12. The molecule has 304 valence electrons. The second-order valence-corrected chi connectivity index (χ2v) is 13.5. The highest BCUT2D eigenvalue weighted by Crippen LogP contribution is 2.41. The number of phenols is 4. The minimum Gasteiger partial charge on any atom is -0.507 e. The van der Waals surface area contributed by atoms with Gasteiger partial charge in [-0.2, -0.15) is 26.3 Å².